The summed E-state index contributed by atoms with van der Waals surface area (Å²) < 4.78 is 10.7. The average molecular weight is 311 g/mol. The molecular formula is C15H25N3O4. The summed E-state index contributed by atoms with van der Waals surface area (Å²) in [6.45, 7) is 9.86. The predicted octanol–water partition coefficient (Wildman–Crippen LogP) is 0.614. The predicted molar refractivity (Wildman–Crippen MR) is 81.2 cm³/mol. The molecule has 1 fully saturated rings. The highest BCUT2D eigenvalue weighted by atomic mass is 16.5. The van der Waals surface area contributed by atoms with Gasteiger partial charge in [-0.25, -0.2) is 9.59 Å². The van der Waals surface area contributed by atoms with Crippen LogP contribution in [0.5, 0.6) is 0 Å². The second-order valence-electron chi connectivity index (χ2n) is 5.86. The molecule has 22 heavy (non-hydrogen) atoms. The number of carbonyl (C=O) groups is 2. The number of morpholine rings is 1. The summed E-state index contributed by atoms with van der Waals surface area (Å²) in [5.74, 6) is -0.383. The Morgan fingerprint density at radius 2 is 2.14 bits per heavy atom. The molecule has 7 heteroatoms. The molecular weight excluding hydrogens is 286 g/mol. The quantitative estimate of drug-likeness (QED) is 0.744. The van der Waals surface area contributed by atoms with Crippen molar-refractivity contribution in [3.05, 3.63) is 11.3 Å². The van der Waals surface area contributed by atoms with Crippen molar-refractivity contribution in [2.75, 3.05) is 26.3 Å². The number of amides is 2. The minimum Gasteiger partial charge on any atom is -0.463 e. The first kappa shape index (κ1) is 16.8. The molecule has 2 amide bonds. The molecule has 1 saturated heterocycles. The number of carbonyl (C=O) groups excluding carboxylic acids is 2. The van der Waals surface area contributed by atoms with Gasteiger partial charge in [0.15, 0.2) is 0 Å². The van der Waals surface area contributed by atoms with Crippen LogP contribution >= 0.6 is 0 Å². The largest absolute Gasteiger partial charge is 0.463 e. The Kier molecular flexibility index (Phi) is 5.42. The molecule has 0 aliphatic carbocycles. The van der Waals surface area contributed by atoms with Crippen LogP contribution in [0.3, 0.4) is 0 Å². The summed E-state index contributed by atoms with van der Waals surface area (Å²) in [5, 5.41) is 5.47. The van der Waals surface area contributed by atoms with Gasteiger partial charge >= 0.3 is 12.0 Å². The highest BCUT2D eigenvalue weighted by Crippen LogP contribution is 2.18. The lowest BCUT2D eigenvalue weighted by molar-refractivity contribution is -0.139. The number of esters is 1. The summed E-state index contributed by atoms with van der Waals surface area (Å²) in [6, 6.07) is -0.421. The summed E-state index contributed by atoms with van der Waals surface area (Å²) in [7, 11) is 0. The number of hydrogen-bond acceptors (Lipinski definition) is 5. The molecule has 0 bridgehead atoms. The highest BCUT2D eigenvalue weighted by Gasteiger charge is 2.32. The zero-order valence-corrected chi connectivity index (χ0v) is 13.6. The Hall–Kier alpha value is -1.60. The normalized spacial score (nSPS) is 29.8. The van der Waals surface area contributed by atoms with E-state index in [1.54, 1.807) is 13.8 Å². The van der Waals surface area contributed by atoms with Crippen LogP contribution in [0.25, 0.3) is 0 Å². The van der Waals surface area contributed by atoms with Gasteiger partial charge in [-0.2, -0.15) is 0 Å². The van der Waals surface area contributed by atoms with Gasteiger partial charge in [0.05, 0.1) is 30.9 Å². The molecule has 0 radical (unpaired) electrons. The first-order valence-electron chi connectivity index (χ1n) is 7.75. The third-order valence-corrected chi connectivity index (χ3v) is 3.96. The van der Waals surface area contributed by atoms with E-state index in [1.165, 1.54) is 0 Å². The van der Waals surface area contributed by atoms with Crippen LogP contribution in [-0.4, -0.2) is 61.4 Å². The van der Waals surface area contributed by atoms with Crippen molar-refractivity contribution >= 4 is 12.0 Å². The molecule has 0 unspecified atom stereocenters. The van der Waals surface area contributed by atoms with Crippen LogP contribution in [0.1, 0.15) is 27.7 Å². The van der Waals surface area contributed by atoms with E-state index < -0.39 is 0 Å². The first-order valence-corrected chi connectivity index (χ1v) is 7.75. The summed E-state index contributed by atoms with van der Waals surface area (Å²) in [4.78, 5) is 26.2. The summed E-state index contributed by atoms with van der Waals surface area (Å²) >= 11 is 0. The monoisotopic (exact) mass is 311 g/mol. The van der Waals surface area contributed by atoms with E-state index in [9.17, 15) is 9.59 Å². The molecule has 3 atom stereocenters. The van der Waals surface area contributed by atoms with Crippen molar-refractivity contribution < 1.29 is 19.1 Å². The van der Waals surface area contributed by atoms with Gasteiger partial charge in [0.1, 0.15) is 0 Å². The minimum absolute atomic E-state index is 0.137. The molecule has 7 nitrogen and oxygen atoms in total. The Labute approximate surface area is 131 Å². The van der Waals surface area contributed by atoms with Gasteiger partial charge in [0.2, 0.25) is 0 Å². The maximum atomic E-state index is 12.2. The minimum atomic E-state index is -0.383. The number of hydrogen-bond donors (Lipinski definition) is 2. The van der Waals surface area contributed by atoms with Gasteiger partial charge in [-0.15, -0.1) is 0 Å². The number of urea groups is 1. The molecule has 124 valence electrons. The van der Waals surface area contributed by atoms with Crippen LogP contribution in [0, 0.1) is 0 Å². The molecule has 0 spiro atoms. The third kappa shape index (κ3) is 3.78. The topological polar surface area (TPSA) is 79.9 Å². The molecule has 0 aromatic heterocycles. The van der Waals surface area contributed by atoms with Crippen molar-refractivity contribution in [1.82, 2.24) is 15.5 Å². The highest BCUT2D eigenvalue weighted by molar-refractivity contribution is 5.94. The van der Waals surface area contributed by atoms with Crippen molar-refractivity contribution in [2.24, 2.45) is 0 Å². The molecule has 0 aromatic rings. The molecule has 2 heterocycles. The number of nitrogens with zero attached hydrogens (tertiary/aromatic N) is 1. The van der Waals surface area contributed by atoms with Gasteiger partial charge in [-0.1, -0.05) is 0 Å². The number of rotatable bonds is 4. The van der Waals surface area contributed by atoms with Crippen LogP contribution < -0.4 is 10.6 Å². The smallest absolute Gasteiger partial charge is 0.337 e. The first-order chi connectivity index (χ1) is 10.4. The lowest BCUT2D eigenvalue weighted by atomic mass is 10.0. The zero-order chi connectivity index (χ0) is 16.3. The third-order valence-electron chi connectivity index (χ3n) is 3.96. The average Bonchev–Trinajstić information content (AvgIpc) is 2.42. The fraction of sp³-hybridized carbons (Fsp3) is 0.733. The maximum Gasteiger partial charge on any atom is 0.337 e. The maximum absolute atomic E-state index is 12.2. The van der Waals surface area contributed by atoms with E-state index in [0.717, 1.165) is 6.54 Å². The fourth-order valence-electron chi connectivity index (χ4n) is 2.80. The van der Waals surface area contributed by atoms with Crippen LogP contribution in [0.2, 0.25) is 0 Å². The van der Waals surface area contributed by atoms with Crippen LogP contribution in [0.4, 0.5) is 4.79 Å². The van der Waals surface area contributed by atoms with Crippen molar-refractivity contribution in [2.45, 2.75) is 45.9 Å². The SMILES string of the molecule is CCOC(=O)C1=C(CN2C[C@H](C)OC[C@H]2C)NC(=O)N[C@@H]1C. The Bertz CT molecular complexity index is 477. The van der Waals surface area contributed by atoms with Crippen molar-refractivity contribution in [1.29, 1.82) is 0 Å². The molecule has 0 aromatic carbocycles. The van der Waals surface area contributed by atoms with Gasteiger partial charge in [0.25, 0.3) is 0 Å². The van der Waals surface area contributed by atoms with Crippen LogP contribution in [-0.2, 0) is 14.3 Å². The number of nitrogens with one attached hydrogen (secondary N) is 2. The van der Waals surface area contributed by atoms with E-state index in [4.69, 9.17) is 9.47 Å². The Morgan fingerprint density at radius 1 is 1.41 bits per heavy atom. The van der Waals surface area contributed by atoms with Crippen molar-refractivity contribution in [3.8, 4) is 0 Å². The van der Waals surface area contributed by atoms with E-state index in [0.29, 0.717) is 31.0 Å². The zero-order valence-electron chi connectivity index (χ0n) is 13.6. The lowest BCUT2D eigenvalue weighted by Crippen LogP contribution is -2.54. The van der Waals surface area contributed by atoms with E-state index in [1.807, 2.05) is 6.92 Å². The molecule has 2 aliphatic rings. The van der Waals surface area contributed by atoms with Gasteiger partial charge in [0, 0.05) is 24.8 Å². The van der Waals surface area contributed by atoms with E-state index >= 15 is 0 Å². The van der Waals surface area contributed by atoms with Crippen LogP contribution in [0.15, 0.2) is 11.3 Å². The summed E-state index contributed by atoms with van der Waals surface area (Å²) in [5.41, 5.74) is 1.11. The summed E-state index contributed by atoms with van der Waals surface area (Å²) in [6.07, 6.45) is 0.137. The van der Waals surface area contributed by atoms with Gasteiger partial charge in [-0.05, 0) is 27.7 Å². The second kappa shape index (κ2) is 7.11. The second-order valence-corrected chi connectivity index (χ2v) is 5.86. The molecule has 2 rings (SSSR count). The van der Waals surface area contributed by atoms with E-state index in [-0.39, 0.29) is 30.2 Å². The standard InChI is InChI=1S/C15H25N3O4/c1-5-21-14(19)13-11(4)16-15(20)17-12(13)7-18-6-10(3)22-8-9(18)2/h9-11H,5-8H2,1-4H3,(H2,16,17,20)/t9-,10+,11-/m1/s1. The Balaban J connectivity index is 2.23. The molecule has 0 saturated carbocycles. The van der Waals surface area contributed by atoms with Gasteiger partial charge < -0.3 is 20.1 Å². The van der Waals surface area contributed by atoms with Crippen molar-refractivity contribution in [3.63, 3.8) is 0 Å². The van der Waals surface area contributed by atoms with Gasteiger partial charge in [-0.3, -0.25) is 4.90 Å². The lowest BCUT2D eigenvalue weighted by Gasteiger charge is -2.38. The molecule has 2 N–H and O–H groups in total. The molecule has 2 aliphatic heterocycles. The Morgan fingerprint density at radius 3 is 2.82 bits per heavy atom. The number of ether oxygens (including phenoxy) is 2. The van der Waals surface area contributed by atoms with E-state index in [2.05, 4.69) is 22.5 Å². The fourth-order valence-corrected chi connectivity index (χ4v) is 2.80.